The zero-order valence-electron chi connectivity index (χ0n) is 8.19. The quantitative estimate of drug-likeness (QED) is 0.583. The topological polar surface area (TPSA) is 38.0 Å². The minimum atomic E-state index is 0.556. The fraction of sp³-hybridized carbons (Fsp3) is 0.800. The van der Waals surface area contributed by atoms with Gasteiger partial charge < -0.3 is 11.1 Å². The molecule has 3 N–H and O–H groups in total. The van der Waals surface area contributed by atoms with Crippen molar-refractivity contribution in [3.8, 4) is 11.8 Å². The maximum atomic E-state index is 5.49. The molecule has 0 aromatic carbocycles. The average molecular weight is 168 g/mol. The van der Waals surface area contributed by atoms with E-state index in [1.54, 1.807) is 0 Å². The third kappa shape index (κ3) is 6.21. The standard InChI is InChI=1S/C10H20N2/c1-3-5-9-12-10(6-4-2)7-8-11/h10,12H,4,6-9,11H2,1-2H3. The molecule has 1 atom stereocenters. The van der Waals surface area contributed by atoms with E-state index in [0.717, 1.165) is 19.5 Å². The van der Waals surface area contributed by atoms with Gasteiger partial charge in [-0.3, -0.25) is 0 Å². The highest BCUT2D eigenvalue weighted by atomic mass is 14.9. The Morgan fingerprint density at radius 3 is 2.67 bits per heavy atom. The molecule has 0 saturated carbocycles. The number of rotatable bonds is 6. The Morgan fingerprint density at radius 1 is 1.42 bits per heavy atom. The molecule has 0 aromatic heterocycles. The van der Waals surface area contributed by atoms with Crippen LogP contribution in [0.4, 0.5) is 0 Å². The van der Waals surface area contributed by atoms with Crippen molar-refractivity contribution in [1.29, 1.82) is 0 Å². The molecule has 0 rings (SSSR count). The second-order valence-electron chi connectivity index (χ2n) is 2.87. The van der Waals surface area contributed by atoms with Crippen LogP contribution in [0.2, 0.25) is 0 Å². The van der Waals surface area contributed by atoms with Crippen LogP contribution in [0.5, 0.6) is 0 Å². The molecular weight excluding hydrogens is 148 g/mol. The highest BCUT2D eigenvalue weighted by Crippen LogP contribution is 1.99. The first-order valence-electron chi connectivity index (χ1n) is 4.68. The van der Waals surface area contributed by atoms with E-state index in [2.05, 4.69) is 24.1 Å². The van der Waals surface area contributed by atoms with Crippen molar-refractivity contribution in [1.82, 2.24) is 5.32 Å². The Morgan fingerprint density at radius 2 is 2.17 bits per heavy atom. The lowest BCUT2D eigenvalue weighted by Crippen LogP contribution is -2.31. The van der Waals surface area contributed by atoms with Crippen LogP contribution < -0.4 is 11.1 Å². The minimum absolute atomic E-state index is 0.556. The van der Waals surface area contributed by atoms with Gasteiger partial charge in [0.25, 0.3) is 0 Å². The molecule has 0 aliphatic heterocycles. The van der Waals surface area contributed by atoms with E-state index in [1.165, 1.54) is 12.8 Å². The summed E-state index contributed by atoms with van der Waals surface area (Å²) in [5, 5.41) is 3.37. The van der Waals surface area contributed by atoms with E-state index in [9.17, 15) is 0 Å². The summed E-state index contributed by atoms with van der Waals surface area (Å²) >= 11 is 0. The lowest BCUT2D eigenvalue weighted by molar-refractivity contribution is 0.476. The van der Waals surface area contributed by atoms with Crippen molar-refractivity contribution >= 4 is 0 Å². The van der Waals surface area contributed by atoms with Crippen molar-refractivity contribution in [2.45, 2.75) is 39.2 Å². The van der Waals surface area contributed by atoms with E-state index in [0.29, 0.717) is 6.04 Å². The van der Waals surface area contributed by atoms with Gasteiger partial charge in [-0.15, -0.1) is 5.92 Å². The zero-order valence-corrected chi connectivity index (χ0v) is 8.19. The zero-order chi connectivity index (χ0) is 9.23. The van der Waals surface area contributed by atoms with Crippen LogP contribution in [0.15, 0.2) is 0 Å². The highest BCUT2D eigenvalue weighted by molar-refractivity contribution is 4.97. The number of nitrogens with one attached hydrogen (secondary N) is 1. The van der Waals surface area contributed by atoms with Crippen LogP contribution in [0, 0.1) is 11.8 Å². The summed E-state index contributed by atoms with van der Waals surface area (Å²) in [5.74, 6) is 5.86. The third-order valence-electron chi connectivity index (χ3n) is 1.81. The average Bonchev–Trinajstić information content (AvgIpc) is 2.06. The summed E-state index contributed by atoms with van der Waals surface area (Å²) in [6, 6.07) is 0.556. The molecule has 12 heavy (non-hydrogen) atoms. The first kappa shape index (κ1) is 11.5. The molecule has 70 valence electrons. The minimum Gasteiger partial charge on any atom is -0.330 e. The molecule has 0 aliphatic carbocycles. The molecule has 2 heteroatoms. The smallest absolute Gasteiger partial charge is 0.0578 e. The Hall–Kier alpha value is -0.520. The molecule has 0 aliphatic rings. The molecule has 2 nitrogen and oxygen atoms in total. The van der Waals surface area contributed by atoms with Crippen molar-refractivity contribution in [2.24, 2.45) is 5.73 Å². The van der Waals surface area contributed by atoms with Crippen LogP contribution >= 0.6 is 0 Å². The van der Waals surface area contributed by atoms with Gasteiger partial charge in [0.1, 0.15) is 0 Å². The van der Waals surface area contributed by atoms with Crippen molar-refractivity contribution in [3.05, 3.63) is 0 Å². The van der Waals surface area contributed by atoms with Crippen molar-refractivity contribution < 1.29 is 0 Å². The number of hydrogen-bond acceptors (Lipinski definition) is 2. The highest BCUT2D eigenvalue weighted by Gasteiger charge is 2.03. The Labute approximate surface area is 75.9 Å². The van der Waals surface area contributed by atoms with Gasteiger partial charge in [-0.05, 0) is 26.3 Å². The molecular formula is C10H20N2. The first-order valence-corrected chi connectivity index (χ1v) is 4.68. The Kier molecular flexibility index (Phi) is 8.20. The van der Waals surface area contributed by atoms with E-state index in [1.807, 2.05) is 6.92 Å². The molecule has 0 fully saturated rings. The molecule has 0 radical (unpaired) electrons. The molecule has 1 unspecified atom stereocenters. The van der Waals surface area contributed by atoms with Gasteiger partial charge in [0.05, 0.1) is 6.54 Å². The SMILES string of the molecule is CC#CCNC(CCC)CCN. The maximum Gasteiger partial charge on any atom is 0.0578 e. The summed E-state index contributed by atoms with van der Waals surface area (Å²) in [6.45, 7) is 5.61. The fourth-order valence-corrected chi connectivity index (χ4v) is 1.18. The predicted molar refractivity (Wildman–Crippen MR) is 53.8 cm³/mol. The lowest BCUT2D eigenvalue weighted by Gasteiger charge is -2.14. The van der Waals surface area contributed by atoms with Crippen LogP contribution in [0.3, 0.4) is 0 Å². The molecule has 0 amide bonds. The monoisotopic (exact) mass is 168 g/mol. The lowest BCUT2D eigenvalue weighted by atomic mass is 10.1. The summed E-state index contributed by atoms with van der Waals surface area (Å²) in [4.78, 5) is 0. The summed E-state index contributed by atoms with van der Waals surface area (Å²) in [6.07, 6.45) is 3.46. The van der Waals surface area contributed by atoms with Gasteiger partial charge in [-0.2, -0.15) is 0 Å². The largest absolute Gasteiger partial charge is 0.330 e. The second-order valence-corrected chi connectivity index (χ2v) is 2.87. The van der Waals surface area contributed by atoms with E-state index in [-0.39, 0.29) is 0 Å². The summed E-state index contributed by atoms with van der Waals surface area (Å²) < 4.78 is 0. The van der Waals surface area contributed by atoms with E-state index < -0.39 is 0 Å². The van der Waals surface area contributed by atoms with Gasteiger partial charge in [-0.25, -0.2) is 0 Å². The van der Waals surface area contributed by atoms with Gasteiger partial charge in [0.15, 0.2) is 0 Å². The first-order chi connectivity index (χ1) is 5.85. The molecule has 0 saturated heterocycles. The maximum absolute atomic E-state index is 5.49. The van der Waals surface area contributed by atoms with Crippen molar-refractivity contribution in [3.63, 3.8) is 0 Å². The van der Waals surface area contributed by atoms with E-state index >= 15 is 0 Å². The Balaban J connectivity index is 3.52. The third-order valence-corrected chi connectivity index (χ3v) is 1.81. The molecule has 0 heterocycles. The fourth-order valence-electron chi connectivity index (χ4n) is 1.18. The van der Waals surface area contributed by atoms with Crippen LogP contribution in [0.1, 0.15) is 33.1 Å². The predicted octanol–water partition coefficient (Wildman–Crippen LogP) is 1.12. The van der Waals surface area contributed by atoms with E-state index in [4.69, 9.17) is 5.73 Å². The van der Waals surface area contributed by atoms with Gasteiger partial charge >= 0.3 is 0 Å². The summed E-state index contributed by atoms with van der Waals surface area (Å²) in [7, 11) is 0. The van der Waals surface area contributed by atoms with Crippen LogP contribution in [0.25, 0.3) is 0 Å². The second kappa shape index (κ2) is 8.58. The van der Waals surface area contributed by atoms with Gasteiger partial charge in [-0.1, -0.05) is 19.3 Å². The van der Waals surface area contributed by atoms with Crippen LogP contribution in [-0.4, -0.2) is 19.1 Å². The Bertz CT molecular complexity index is 138. The number of hydrogen-bond donors (Lipinski definition) is 2. The molecule has 0 bridgehead atoms. The normalized spacial score (nSPS) is 11.9. The summed E-state index contributed by atoms with van der Waals surface area (Å²) in [5.41, 5.74) is 5.49. The van der Waals surface area contributed by atoms with Crippen molar-refractivity contribution in [2.75, 3.05) is 13.1 Å². The molecule has 0 aromatic rings. The van der Waals surface area contributed by atoms with Crippen LogP contribution in [-0.2, 0) is 0 Å². The number of nitrogens with two attached hydrogens (primary N) is 1. The molecule has 0 spiro atoms. The van der Waals surface area contributed by atoms with Gasteiger partial charge in [0.2, 0.25) is 0 Å². The van der Waals surface area contributed by atoms with Gasteiger partial charge in [0, 0.05) is 6.04 Å².